The lowest BCUT2D eigenvalue weighted by molar-refractivity contribution is -0.0203. The summed E-state index contributed by atoms with van der Waals surface area (Å²) < 4.78 is 24.5. The summed E-state index contributed by atoms with van der Waals surface area (Å²) in [4.78, 5) is 0. The summed E-state index contributed by atoms with van der Waals surface area (Å²) in [5.41, 5.74) is 2.42. The Morgan fingerprint density at radius 1 is 1.18 bits per heavy atom. The molecule has 1 heterocycles. The van der Waals surface area contributed by atoms with E-state index in [2.05, 4.69) is 59.0 Å². The van der Waals surface area contributed by atoms with Gasteiger partial charge in [-0.15, -0.1) is 0 Å². The van der Waals surface area contributed by atoms with Gasteiger partial charge < -0.3 is 23.7 Å². The van der Waals surface area contributed by atoms with Crippen molar-refractivity contribution < 1.29 is 23.7 Å². The van der Waals surface area contributed by atoms with E-state index >= 15 is 0 Å². The number of rotatable bonds is 12. The average Bonchev–Trinajstić information content (AvgIpc) is 2.78. The molecule has 3 atom stereocenters. The Morgan fingerprint density at radius 3 is 2.47 bits per heavy atom. The molecule has 1 aromatic rings. The summed E-state index contributed by atoms with van der Waals surface area (Å²) >= 11 is 0. The predicted octanol–water partition coefficient (Wildman–Crippen LogP) is 6.20. The lowest BCUT2D eigenvalue weighted by Crippen LogP contribution is -2.47. The molecule has 0 saturated heterocycles. The average molecular weight is 489 g/mol. The minimum atomic E-state index is -2.07. The predicted molar refractivity (Wildman–Crippen MR) is 142 cm³/mol. The number of hydrogen-bond donors (Lipinski definition) is 1. The first kappa shape index (κ1) is 28.5. The second-order valence-electron chi connectivity index (χ2n) is 10.4. The van der Waals surface area contributed by atoms with Crippen molar-refractivity contribution in [3.8, 4) is 5.75 Å². The molecule has 1 aromatic carbocycles. The Balaban J connectivity index is 2.26. The maximum atomic E-state index is 9.27. The van der Waals surface area contributed by atoms with Gasteiger partial charge in [0.05, 0.1) is 45.2 Å². The zero-order valence-corrected chi connectivity index (χ0v) is 23.0. The van der Waals surface area contributed by atoms with Crippen molar-refractivity contribution in [1.29, 1.82) is 0 Å². The number of aliphatic hydroxyl groups is 1. The third-order valence-electron chi connectivity index (χ3n) is 6.65. The number of hydrogen-bond acceptors (Lipinski definition) is 5. The molecule has 6 heteroatoms. The number of ether oxygens (including phenoxy) is 3. The Bertz CT molecular complexity index is 820. The van der Waals surface area contributed by atoms with Crippen LogP contribution in [0.3, 0.4) is 0 Å². The fraction of sp³-hybridized carbons (Fsp3) is 0.571. The standard InChI is InChI=1S/C28H44O5Si/c1-22-17-19-31-25(20-22)15-16-27(33-34(6,7)28(2,3)4)26(10-8-9-18-29)32-21-23-11-13-24(30-5)14-12-23/h8-9,11-17,25-27,29H,10,18-21H2,1-7H3/b9-8+,16-15+/t25-,26+,27?/m1/s1. The normalized spacial score (nSPS) is 19.4. The molecule has 1 aliphatic rings. The summed E-state index contributed by atoms with van der Waals surface area (Å²) in [6, 6.07) is 7.92. The van der Waals surface area contributed by atoms with Crippen molar-refractivity contribution in [2.45, 2.75) is 83.6 Å². The van der Waals surface area contributed by atoms with Crippen LogP contribution in [0.15, 0.2) is 60.2 Å². The molecule has 34 heavy (non-hydrogen) atoms. The van der Waals surface area contributed by atoms with E-state index in [9.17, 15) is 5.11 Å². The number of aliphatic hydroxyl groups excluding tert-OH is 1. The largest absolute Gasteiger partial charge is 0.497 e. The van der Waals surface area contributed by atoms with Crippen LogP contribution in [0.4, 0.5) is 0 Å². The van der Waals surface area contributed by atoms with Crippen molar-refractivity contribution in [1.82, 2.24) is 0 Å². The molecule has 190 valence electrons. The number of benzene rings is 1. The maximum Gasteiger partial charge on any atom is 0.193 e. The molecule has 0 fully saturated rings. The van der Waals surface area contributed by atoms with Crippen LogP contribution in [0.2, 0.25) is 18.1 Å². The minimum Gasteiger partial charge on any atom is -0.497 e. The minimum absolute atomic E-state index is 0.0102. The van der Waals surface area contributed by atoms with E-state index < -0.39 is 8.32 Å². The molecule has 5 nitrogen and oxygen atoms in total. The van der Waals surface area contributed by atoms with E-state index in [4.69, 9.17) is 18.6 Å². The monoisotopic (exact) mass is 488 g/mol. The molecule has 1 aliphatic heterocycles. The van der Waals surface area contributed by atoms with Crippen LogP contribution in [0.5, 0.6) is 5.75 Å². The van der Waals surface area contributed by atoms with Crippen molar-refractivity contribution >= 4 is 8.32 Å². The lowest BCUT2D eigenvalue weighted by Gasteiger charge is -2.40. The van der Waals surface area contributed by atoms with Gasteiger partial charge in [-0.25, -0.2) is 0 Å². The van der Waals surface area contributed by atoms with Crippen LogP contribution in [0.1, 0.15) is 46.1 Å². The summed E-state index contributed by atoms with van der Waals surface area (Å²) in [5, 5.41) is 9.34. The van der Waals surface area contributed by atoms with E-state index in [-0.39, 0.29) is 30.0 Å². The zero-order valence-electron chi connectivity index (χ0n) is 22.0. The van der Waals surface area contributed by atoms with E-state index in [1.807, 2.05) is 30.3 Å². The molecule has 0 saturated carbocycles. The first-order chi connectivity index (χ1) is 16.1. The van der Waals surface area contributed by atoms with E-state index in [1.54, 1.807) is 13.2 Å². The van der Waals surface area contributed by atoms with Crippen LogP contribution in [-0.4, -0.2) is 52.1 Å². The molecular weight excluding hydrogens is 444 g/mol. The molecular formula is C28H44O5Si. The topological polar surface area (TPSA) is 57.2 Å². The summed E-state index contributed by atoms with van der Waals surface area (Å²) in [5.74, 6) is 0.824. The molecule has 0 amide bonds. The maximum absolute atomic E-state index is 9.27. The van der Waals surface area contributed by atoms with Crippen molar-refractivity contribution in [2.24, 2.45) is 0 Å². The quantitative estimate of drug-likeness (QED) is 0.280. The Hall–Kier alpha value is -1.70. The van der Waals surface area contributed by atoms with E-state index in [0.29, 0.717) is 19.6 Å². The van der Waals surface area contributed by atoms with Crippen LogP contribution in [-0.2, 0) is 20.5 Å². The van der Waals surface area contributed by atoms with Gasteiger partial charge >= 0.3 is 0 Å². The van der Waals surface area contributed by atoms with Crippen molar-refractivity contribution in [2.75, 3.05) is 20.3 Å². The molecule has 0 aromatic heterocycles. The Labute approximate surface area is 207 Å². The van der Waals surface area contributed by atoms with Crippen LogP contribution < -0.4 is 4.74 Å². The van der Waals surface area contributed by atoms with Gasteiger partial charge in [0.2, 0.25) is 0 Å². The van der Waals surface area contributed by atoms with Gasteiger partial charge in [-0.05, 0) is 55.6 Å². The molecule has 0 bridgehead atoms. The first-order valence-electron chi connectivity index (χ1n) is 12.2. The van der Waals surface area contributed by atoms with Gasteiger partial charge in [-0.3, -0.25) is 0 Å². The highest BCUT2D eigenvalue weighted by Gasteiger charge is 2.40. The van der Waals surface area contributed by atoms with Crippen molar-refractivity contribution in [3.05, 3.63) is 65.8 Å². The summed E-state index contributed by atoms with van der Waals surface area (Å²) in [6.45, 7) is 14.5. The van der Waals surface area contributed by atoms with Crippen LogP contribution in [0, 0.1) is 0 Å². The van der Waals surface area contributed by atoms with Gasteiger partial charge in [0.25, 0.3) is 0 Å². The van der Waals surface area contributed by atoms with Crippen molar-refractivity contribution in [3.63, 3.8) is 0 Å². The van der Waals surface area contributed by atoms with Crippen LogP contribution >= 0.6 is 0 Å². The van der Waals surface area contributed by atoms with Gasteiger partial charge in [0.1, 0.15) is 5.75 Å². The third kappa shape index (κ3) is 9.15. The molecule has 0 radical (unpaired) electrons. The highest BCUT2D eigenvalue weighted by Crippen LogP contribution is 2.38. The van der Waals surface area contributed by atoms with E-state index in [0.717, 1.165) is 17.7 Å². The van der Waals surface area contributed by atoms with Gasteiger partial charge in [0, 0.05) is 0 Å². The highest BCUT2D eigenvalue weighted by atomic mass is 28.4. The highest BCUT2D eigenvalue weighted by molar-refractivity contribution is 6.74. The SMILES string of the molecule is COc1ccc(CO[C@@H](C/C=C/CO)C(/C=C/[C@@H]2CC(C)=CCO2)O[Si](C)(C)C(C)(C)C)cc1. The summed E-state index contributed by atoms with van der Waals surface area (Å²) in [6.07, 6.45) is 11.3. The second-order valence-corrected chi connectivity index (χ2v) is 15.2. The van der Waals surface area contributed by atoms with Gasteiger partial charge in [-0.1, -0.05) is 68.9 Å². The van der Waals surface area contributed by atoms with Crippen LogP contribution in [0.25, 0.3) is 0 Å². The smallest absolute Gasteiger partial charge is 0.193 e. The molecule has 1 unspecified atom stereocenters. The fourth-order valence-electron chi connectivity index (χ4n) is 3.41. The fourth-order valence-corrected chi connectivity index (χ4v) is 4.68. The number of methoxy groups -OCH3 is 1. The third-order valence-corrected chi connectivity index (χ3v) is 11.1. The zero-order chi connectivity index (χ0) is 25.2. The van der Waals surface area contributed by atoms with Gasteiger partial charge in [0.15, 0.2) is 8.32 Å². The summed E-state index contributed by atoms with van der Waals surface area (Å²) in [7, 11) is -0.408. The molecule has 1 N–H and O–H groups in total. The molecule has 0 spiro atoms. The second kappa shape index (κ2) is 13.4. The Morgan fingerprint density at radius 2 is 1.88 bits per heavy atom. The lowest BCUT2D eigenvalue weighted by atomic mass is 10.0. The molecule has 0 aliphatic carbocycles. The molecule has 2 rings (SSSR count). The first-order valence-corrected chi connectivity index (χ1v) is 15.1. The van der Waals surface area contributed by atoms with E-state index in [1.165, 1.54) is 5.57 Å². The van der Waals surface area contributed by atoms with Gasteiger partial charge in [-0.2, -0.15) is 0 Å². The Kier molecular flexibility index (Phi) is 11.2.